The van der Waals surface area contributed by atoms with E-state index in [-0.39, 0.29) is 11.8 Å². The molecule has 0 atom stereocenters. The van der Waals surface area contributed by atoms with Gasteiger partial charge in [-0.15, -0.1) is 0 Å². The monoisotopic (exact) mass is 161 g/mol. The summed E-state index contributed by atoms with van der Waals surface area (Å²) in [5.41, 5.74) is 14.1. The van der Waals surface area contributed by atoms with Crippen LogP contribution in [-0.2, 0) is 0 Å². The highest BCUT2D eigenvalue weighted by Crippen LogP contribution is 1.83. The number of rotatable bonds is 0. The highest BCUT2D eigenvalue weighted by Gasteiger charge is 2.17. The van der Waals surface area contributed by atoms with Gasteiger partial charge in [-0.3, -0.25) is 0 Å². The summed E-state index contributed by atoms with van der Waals surface area (Å²) < 4.78 is 0. The molecule has 7 heteroatoms. The summed E-state index contributed by atoms with van der Waals surface area (Å²) in [5.74, 6) is 0.166. The smallest absolute Gasteiger partial charge is 0.509 e. The van der Waals surface area contributed by atoms with Gasteiger partial charge in [0.2, 0.25) is 5.36 Å². The van der Waals surface area contributed by atoms with E-state index in [1.54, 1.807) is 0 Å². The maximum Gasteiger partial charge on any atom is 0.509 e. The van der Waals surface area contributed by atoms with Crippen molar-refractivity contribution in [2.24, 2.45) is 9.98 Å². The quantitative estimate of drug-likeness (QED) is 0.347. The van der Waals surface area contributed by atoms with E-state index in [1.807, 2.05) is 0 Å². The minimum absolute atomic E-state index is 0.0581. The van der Waals surface area contributed by atoms with Crippen LogP contribution < -0.4 is 16.6 Å². The van der Waals surface area contributed by atoms with Gasteiger partial charge < -0.3 is 16.1 Å². The fourth-order valence-corrected chi connectivity index (χ4v) is 0.836. The molecule has 58 valence electrons. The molecule has 0 amide bonds. The number of hydrogen-bond acceptors (Lipinski definition) is 3. The second-order valence-electron chi connectivity index (χ2n) is 2.05. The molecule has 0 aromatic carbocycles. The number of nitrogens with two attached hydrogens (primary N) is 1. The van der Waals surface area contributed by atoms with Crippen LogP contribution in [0.25, 0.3) is 5.53 Å². The number of anilines is 1. The molecule has 2 heterocycles. The van der Waals surface area contributed by atoms with Gasteiger partial charge in [-0.2, -0.15) is 4.98 Å². The minimum Gasteiger partial charge on any atom is -0.542 e. The molecular weight excluding hydrogens is 158 g/mol. The van der Waals surface area contributed by atoms with E-state index < -0.39 is 0 Å². The van der Waals surface area contributed by atoms with Crippen LogP contribution in [0.3, 0.4) is 0 Å². The summed E-state index contributed by atoms with van der Waals surface area (Å²) in [7, 11) is 0. The molecule has 0 spiro atoms. The second kappa shape index (κ2) is 2.18. The molecule has 0 unspecified atom stereocenters. The predicted octanol–water partition coefficient (Wildman–Crippen LogP) is -2.10. The van der Waals surface area contributed by atoms with E-state index in [0.717, 1.165) is 0 Å². The van der Waals surface area contributed by atoms with Gasteiger partial charge in [-0.25, -0.2) is 4.98 Å². The SMILES string of the molecule is [N-]=[N+]=C1N=c2ncnc(N)c2=N1. The number of nitrogens with zero attached hydrogens (tertiary/aromatic N) is 6. The fraction of sp³-hybridized carbons (Fsp3) is 0. The Morgan fingerprint density at radius 3 is 2.83 bits per heavy atom. The molecular formula is C5H3N7. The molecule has 0 aliphatic carbocycles. The first-order valence-corrected chi connectivity index (χ1v) is 3.07. The summed E-state index contributed by atoms with van der Waals surface area (Å²) >= 11 is 0. The summed E-state index contributed by atoms with van der Waals surface area (Å²) in [6.45, 7) is 0. The van der Waals surface area contributed by atoms with Gasteiger partial charge in [0.15, 0.2) is 5.82 Å². The van der Waals surface area contributed by atoms with Crippen molar-refractivity contribution in [3.8, 4) is 0 Å². The molecule has 1 aromatic rings. The number of hydrogen-bond donors (Lipinski definition) is 1. The van der Waals surface area contributed by atoms with Crippen molar-refractivity contribution in [1.82, 2.24) is 9.97 Å². The largest absolute Gasteiger partial charge is 0.542 e. The van der Waals surface area contributed by atoms with Crippen LogP contribution in [0.4, 0.5) is 5.82 Å². The Morgan fingerprint density at radius 1 is 1.33 bits per heavy atom. The van der Waals surface area contributed by atoms with Crippen LogP contribution in [0.2, 0.25) is 0 Å². The van der Waals surface area contributed by atoms with E-state index in [0.29, 0.717) is 10.8 Å². The average molecular weight is 161 g/mol. The summed E-state index contributed by atoms with van der Waals surface area (Å²) in [5, 5.41) is 0.352. The predicted molar refractivity (Wildman–Crippen MR) is 37.4 cm³/mol. The topological polar surface area (TPSA) is 113 Å². The Bertz CT molecular complexity index is 495. The van der Waals surface area contributed by atoms with E-state index in [9.17, 15) is 0 Å². The Kier molecular flexibility index (Phi) is 1.19. The normalized spacial score (nSPS) is 12.8. The molecule has 1 aliphatic rings. The molecule has 0 bridgehead atoms. The van der Waals surface area contributed by atoms with Gasteiger partial charge in [0.1, 0.15) is 6.33 Å². The molecule has 0 saturated carbocycles. The second-order valence-corrected chi connectivity index (χ2v) is 2.05. The minimum atomic E-state index is -0.0581. The molecule has 12 heavy (non-hydrogen) atoms. The third-order valence-corrected chi connectivity index (χ3v) is 1.34. The third-order valence-electron chi connectivity index (χ3n) is 1.34. The Balaban J connectivity index is 2.94. The molecule has 2 rings (SSSR count). The van der Waals surface area contributed by atoms with Gasteiger partial charge in [0.05, 0.1) is 0 Å². The Labute approximate surface area is 65.9 Å². The van der Waals surface area contributed by atoms with Crippen molar-refractivity contribution in [1.29, 1.82) is 0 Å². The highest BCUT2D eigenvalue weighted by molar-refractivity contribution is 5.77. The first kappa shape index (κ1) is 6.56. The van der Waals surface area contributed by atoms with Crippen LogP contribution in [0, 0.1) is 0 Å². The average Bonchev–Trinajstić information content (AvgIpc) is 2.49. The Hall–Kier alpha value is -2.14. The van der Waals surface area contributed by atoms with E-state index >= 15 is 0 Å². The lowest BCUT2D eigenvalue weighted by atomic mass is 10.5. The lowest BCUT2D eigenvalue weighted by Crippen LogP contribution is -2.29. The van der Waals surface area contributed by atoms with E-state index in [2.05, 4.69) is 24.7 Å². The van der Waals surface area contributed by atoms with Crippen LogP contribution in [0.15, 0.2) is 16.3 Å². The molecule has 7 nitrogen and oxygen atoms in total. The zero-order valence-electron chi connectivity index (χ0n) is 5.84. The highest BCUT2D eigenvalue weighted by atomic mass is 15.2. The van der Waals surface area contributed by atoms with Crippen LogP contribution in [0.5, 0.6) is 0 Å². The van der Waals surface area contributed by atoms with Crippen molar-refractivity contribution in [2.75, 3.05) is 5.73 Å². The zero-order chi connectivity index (χ0) is 8.55. The number of guanidine groups is 1. The molecule has 2 N–H and O–H groups in total. The van der Waals surface area contributed by atoms with Crippen LogP contribution in [-0.4, -0.2) is 20.7 Å². The van der Waals surface area contributed by atoms with Crippen molar-refractivity contribution in [3.05, 3.63) is 22.7 Å². The lowest BCUT2D eigenvalue weighted by molar-refractivity contribution is -0.00839. The number of aromatic nitrogens is 2. The van der Waals surface area contributed by atoms with Gasteiger partial charge in [-0.05, 0) is 9.98 Å². The van der Waals surface area contributed by atoms with Crippen LogP contribution >= 0.6 is 0 Å². The Morgan fingerprint density at radius 2 is 2.17 bits per heavy atom. The summed E-state index contributed by atoms with van der Waals surface area (Å²) in [6.07, 6.45) is 1.27. The van der Waals surface area contributed by atoms with Crippen molar-refractivity contribution >= 4 is 11.8 Å². The summed E-state index contributed by atoms with van der Waals surface area (Å²) in [4.78, 5) is 17.8. The van der Waals surface area contributed by atoms with Gasteiger partial charge in [-0.1, -0.05) is 0 Å². The van der Waals surface area contributed by atoms with Crippen molar-refractivity contribution < 1.29 is 4.79 Å². The maximum absolute atomic E-state index is 8.34. The third kappa shape index (κ3) is 0.774. The molecule has 0 fully saturated rings. The fourth-order valence-electron chi connectivity index (χ4n) is 0.836. The molecule has 1 aromatic heterocycles. The lowest BCUT2D eigenvalue weighted by Gasteiger charge is -1.81. The molecule has 0 radical (unpaired) electrons. The maximum atomic E-state index is 8.34. The van der Waals surface area contributed by atoms with Crippen molar-refractivity contribution in [3.63, 3.8) is 0 Å². The number of nitrogen functional groups attached to an aromatic ring is 1. The van der Waals surface area contributed by atoms with Gasteiger partial charge in [0, 0.05) is 0 Å². The first-order chi connectivity index (χ1) is 5.81. The molecule has 1 aliphatic heterocycles. The summed E-state index contributed by atoms with van der Waals surface area (Å²) in [6, 6.07) is 0. The first-order valence-electron chi connectivity index (χ1n) is 3.07. The van der Waals surface area contributed by atoms with Gasteiger partial charge >= 0.3 is 5.96 Å². The van der Waals surface area contributed by atoms with Crippen molar-refractivity contribution in [2.45, 2.75) is 0 Å². The van der Waals surface area contributed by atoms with E-state index in [1.165, 1.54) is 6.33 Å². The van der Waals surface area contributed by atoms with Gasteiger partial charge in [0.25, 0.3) is 5.49 Å². The van der Waals surface area contributed by atoms with Crippen LogP contribution in [0.1, 0.15) is 0 Å². The van der Waals surface area contributed by atoms with E-state index in [4.69, 9.17) is 11.3 Å². The standard InChI is InChI=1S/C5H3N7/c6-3-2-4(9-1-8-3)11-5(10-2)12-7/h1H,(H2,6,8,9,11). The molecule has 0 saturated heterocycles. The zero-order valence-corrected chi connectivity index (χ0v) is 5.84. The number of fused-ring (bicyclic) bond motifs is 1.